The summed E-state index contributed by atoms with van der Waals surface area (Å²) in [4.78, 5) is 26.6. The van der Waals surface area contributed by atoms with Gasteiger partial charge in [-0.15, -0.1) is 12.4 Å². The molecule has 0 radical (unpaired) electrons. The largest absolute Gasteiger partial charge is 0.507 e. The molecule has 2 aromatic heterocycles. The predicted molar refractivity (Wildman–Crippen MR) is 92.3 cm³/mol. The first-order chi connectivity index (χ1) is 11.9. The van der Waals surface area contributed by atoms with Crippen molar-refractivity contribution in [2.75, 3.05) is 6.54 Å². The maximum absolute atomic E-state index is 14.3. The third kappa shape index (κ3) is 3.39. The fraction of sp³-hybridized carbons (Fsp3) is 0.0667. The van der Waals surface area contributed by atoms with Gasteiger partial charge in [0.25, 0.3) is 5.91 Å². The molecule has 0 saturated heterocycles. The van der Waals surface area contributed by atoms with Gasteiger partial charge in [-0.25, -0.2) is 13.9 Å². The van der Waals surface area contributed by atoms with Crippen LogP contribution in [0.2, 0.25) is 5.02 Å². The number of benzene rings is 1. The number of nitrogens with one attached hydrogen (secondary N) is 1. The van der Waals surface area contributed by atoms with E-state index in [0.717, 1.165) is 16.9 Å². The highest BCUT2D eigenvalue weighted by atomic mass is 35.5. The van der Waals surface area contributed by atoms with Gasteiger partial charge in [0, 0.05) is 11.6 Å². The molecule has 0 bridgehead atoms. The molecule has 2 heterocycles. The Morgan fingerprint density at radius 1 is 1.35 bits per heavy atom. The van der Waals surface area contributed by atoms with E-state index in [1.54, 1.807) is 0 Å². The van der Waals surface area contributed by atoms with E-state index in [1.165, 1.54) is 18.2 Å². The van der Waals surface area contributed by atoms with E-state index < -0.39 is 30.0 Å². The van der Waals surface area contributed by atoms with Crippen LogP contribution in [-0.4, -0.2) is 43.2 Å². The minimum Gasteiger partial charge on any atom is -0.507 e. The molecule has 136 valence electrons. The molecule has 1 aromatic carbocycles. The molecule has 8 nitrogen and oxygen atoms in total. The van der Waals surface area contributed by atoms with Crippen LogP contribution >= 0.6 is 24.0 Å². The molecule has 26 heavy (non-hydrogen) atoms. The average Bonchev–Trinajstić information content (AvgIpc) is 3.04. The van der Waals surface area contributed by atoms with Crippen molar-refractivity contribution in [3.05, 3.63) is 47.0 Å². The summed E-state index contributed by atoms with van der Waals surface area (Å²) >= 11 is 5.78. The number of pyridine rings is 1. The average molecular weight is 401 g/mol. The molecule has 0 aliphatic carbocycles. The Hall–Kier alpha value is -2.91. The van der Waals surface area contributed by atoms with Gasteiger partial charge in [-0.2, -0.15) is 5.10 Å². The second kappa shape index (κ2) is 7.54. The number of halogens is 3. The zero-order chi connectivity index (χ0) is 18.1. The van der Waals surface area contributed by atoms with E-state index in [2.05, 4.69) is 15.4 Å². The lowest BCUT2D eigenvalue weighted by Gasteiger charge is -2.11. The number of aromatic hydroxyl groups is 1. The van der Waals surface area contributed by atoms with Crippen molar-refractivity contribution >= 4 is 41.5 Å². The molecule has 1 amide bonds. The molecule has 11 heteroatoms. The number of carboxylic acid groups (broad SMARTS) is 1. The Morgan fingerprint density at radius 2 is 2.08 bits per heavy atom. The zero-order valence-electron chi connectivity index (χ0n) is 12.8. The van der Waals surface area contributed by atoms with Gasteiger partial charge in [-0.3, -0.25) is 9.59 Å². The number of amides is 1. The van der Waals surface area contributed by atoms with Crippen molar-refractivity contribution in [1.29, 1.82) is 0 Å². The van der Waals surface area contributed by atoms with Crippen LogP contribution in [0.1, 0.15) is 10.4 Å². The lowest BCUT2D eigenvalue weighted by molar-refractivity contribution is -0.135. The van der Waals surface area contributed by atoms with E-state index in [1.807, 2.05) is 0 Å². The highest BCUT2D eigenvalue weighted by molar-refractivity contribution is 6.31. The van der Waals surface area contributed by atoms with Crippen LogP contribution in [0.5, 0.6) is 5.75 Å². The molecule has 3 aromatic rings. The van der Waals surface area contributed by atoms with Crippen LogP contribution in [0, 0.1) is 5.82 Å². The number of fused-ring (bicyclic) bond motifs is 1. The molecule has 0 fully saturated rings. The molecule has 0 unspecified atom stereocenters. The number of carboxylic acids is 1. The van der Waals surface area contributed by atoms with Crippen LogP contribution in [0.3, 0.4) is 0 Å². The summed E-state index contributed by atoms with van der Waals surface area (Å²) in [5.74, 6) is -3.32. The summed E-state index contributed by atoms with van der Waals surface area (Å²) in [5, 5.41) is 24.8. The first-order valence-electron chi connectivity index (χ1n) is 6.90. The van der Waals surface area contributed by atoms with Crippen molar-refractivity contribution in [2.24, 2.45) is 0 Å². The van der Waals surface area contributed by atoms with Gasteiger partial charge >= 0.3 is 5.97 Å². The number of aliphatic carboxylic acids is 1. The van der Waals surface area contributed by atoms with Gasteiger partial charge in [0.15, 0.2) is 11.5 Å². The van der Waals surface area contributed by atoms with Crippen LogP contribution in [0.25, 0.3) is 16.9 Å². The number of hydrogen-bond acceptors (Lipinski definition) is 5. The van der Waals surface area contributed by atoms with Gasteiger partial charge < -0.3 is 15.5 Å². The molecular formula is C15H11Cl2FN4O4. The second-order valence-electron chi connectivity index (χ2n) is 4.96. The fourth-order valence-electron chi connectivity index (χ4n) is 2.32. The fourth-order valence-corrected chi connectivity index (χ4v) is 2.50. The summed E-state index contributed by atoms with van der Waals surface area (Å²) in [5.41, 5.74) is -0.155. The Morgan fingerprint density at radius 3 is 2.77 bits per heavy atom. The lowest BCUT2D eigenvalue weighted by atomic mass is 10.1. The topological polar surface area (TPSA) is 117 Å². The number of carbonyl (C=O) groups is 2. The lowest BCUT2D eigenvalue weighted by Crippen LogP contribution is -2.29. The maximum Gasteiger partial charge on any atom is 0.322 e. The summed E-state index contributed by atoms with van der Waals surface area (Å²) in [6, 6.07) is 5.45. The standard InChI is InChI=1S/C15H10ClFN4O4.ClH/c16-8-3-1-2-7(13(8)17)9-4-10(22)12(14-19-6-20-21(9)14)15(25)18-5-11(23)24;/h1-4,6,22H,5H2,(H,18,25)(H,23,24);1H. The van der Waals surface area contributed by atoms with E-state index in [4.69, 9.17) is 16.7 Å². The van der Waals surface area contributed by atoms with Crippen molar-refractivity contribution < 1.29 is 24.2 Å². The molecule has 3 rings (SSSR count). The molecule has 0 aliphatic heterocycles. The summed E-state index contributed by atoms with van der Waals surface area (Å²) < 4.78 is 15.5. The van der Waals surface area contributed by atoms with Crippen molar-refractivity contribution in [3.63, 3.8) is 0 Å². The van der Waals surface area contributed by atoms with Crippen LogP contribution in [-0.2, 0) is 4.79 Å². The van der Waals surface area contributed by atoms with Gasteiger partial charge in [0.05, 0.1) is 10.7 Å². The van der Waals surface area contributed by atoms with E-state index in [0.29, 0.717) is 0 Å². The molecule has 0 saturated carbocycles. The Balaban J connectivity index is 0.00000243. The van der Waals surface area contributed by atoms with Gasteiger partial charge in [-0.1, -0.05) is 17.7 Å². The van der Waals surface area contributed by atoms with Crippen LogP contribution < -0.4 is 5.32 Å². The molecule has 0 aliphatic rings. The third-order valence-corrected chi connectivity index (χ3v) is 3.68. The SMILES string of the molecule is Cl.O=C(O)CNC(=O)c1c(O)cc(-c2cccc(Cl)c2F)n2ncnc12. The minimum absolute atomic E-state index is 0. The highest BCUT2D eigenvalue weighted by Crippen LogP contribution is 2.32. The first kappa shape index (κ1) is 19.4. The van der Waals surface area contributed by atoms with Gasteiger partial charge in [0.2, 0.25) is 0 Å². The highest BCUT2D eigenvalue weighted by Gasteiger charge is 2.22. The van der Waals surface area contributed by atoms with Gasteiger partial charge in [0.1, 0.15) is 24.2 Å². The molecule has 0 spiro atoms. The zero-order valence-corrected chi connectivity index (χ0v) is 14.4. The van der Waals surface area contributed by atoms with Crippen LogP contribution in [0.4, 0.5) is 4.39 Å². The van der Waals surface area contributed by atoms with E-state index in [9.17, 15) is 19.1 Å². The monoisotopic (exact) mass is 400 g/mol. The first-order valence-corrected chi connectivity index (χ1v) is 7.28. The van der Waals surface area contributed by atoms with E-state index in [-0.39, 0.29) is 39.9 Å². The Bertz CT molecular complexity index is 1010. The molecule has 0 atom stereocenters. The number of hydrogen-bond donors (Lipinski definition) is 3. The molecule has 3 N–H and O–H groups in total. The number of nitrogens with zero attached hydrogens (tertiary/aromatic N) is 3. The van der Waals surface area contributed by atoms with E-state index >= 15 is 0 Å². The Kier molecular flexibility index (Phi) is 5.63. The predicted octanol–water partition coefficient (Wildman–Crippen LogP) is 2.13. The summed E-state index contributed by atoms with van der Waals surface area (Å²) in [7, 11) is 0. The van der Waals surface area contributed by atoms with Crippen molar-refractivity contribution in [1.82, 2.24) is 19.9 Å². The van der Waals surface area contributed by atoms with Crippen molar-refractivity contribution in [3.8, 4) is 17.0 Å². The maximum atomic E-state index is 14.3. The minimum atomic E-state index is -1.25. The summed E-state index contributed by atoms with van der Waals surface area (Å²) in [6.45, 7) is -0.636. The third-order valence-electron chi connectivity index (χ3n) is 3.38. The second-order valence-corrected chi connectivity index (χ2v) is 5.37. The number of carbonyl (C=O) groups excluding carboxylic acids is 1. The van der Waals surface area contributed by atoms with Gasteiger partial charge in [-0.05, 0) is 12.1 Å². The quantitative estimate of drug-likeness (QED) is 0.617. The smallest absolute Gasteiger partial charge is 0.322 e. The Labute approximate surface area is 156 Å². The number of rotatable bonds is 4. The van der Waals surface area contributed by atoms with Crippen molar-refractivity contribution in [2.45, 2.75) is 0 Å². The summed E-state index contributed by atoms with van der Waals surface area (Å²) in [6.07, 6.45) is 1.12. The van der Waals surface area contributed by atoms with Crippen LogP contribution in [0.15, 0.2) is 30.6 Å². The molecular weight excluding hydrogens is 390 g/mol. The number of aromatic nitrogens is 3. The normalized spacial score (nSPS) is 10.4.